The number of carbonyl (C=O) groups excluding carboxylic acids is 1. The van der Waals surface area contributed by atoms with Crippen LogP contribution < -0.4 is 0 Å². The van der Waals surface area contributed by atoms with E-state index in [4.69, 9.17) is 18.0 Å². The first kappa shape index (κ1) is 16.8. The zero-order chi connectivity index (χ0) is 15.0. The van der Waals surface area contributed by atoms with E-state index in [-0.39, 0.29) is 5.97 Å². The van der Waals surface area contributed by atoms with Crippen molar-refractivity contribution in [1.29, 1.82) is 0 Å². The Bertz CT molecular complexity index is 397. The predicted octanol–water partition coefficient (Wildman–Crippen LogP) is 1.97. The summed E-state index contributed by atoms with van der Waals surface area (Å²) in [6.45, 7) is 1.73. The van der Waals surface area contributed by atoms with Crippen LogP contribution in [0.1, 0.15) is 18.9 Å². The van der Waals surface area contributed by atoms with E-state index >= 15 is 0 Å². The lowest BCUT2D eigenvalue weighted by Gasteiger charge is -2.29. The van der Waals surface area contributed by atoms with E-state index in [0.717, 1.165) is 5.56 Å². The highest BCUT2D eigenvalue weighted by Crippen LogP contribution is 2.15. The van der Waals surface area contributed by atoms with E-state index < -0.39 is 14.5 Å². The first-order valence-corrected chi connectivity index (χ1v) is 8.27. The number of aryl methyl sites for hydroxylation is 1. The summed E-state index contributed by atoms with van der Waals surface area (Å²) in [5, 5.41) is 0. The number of ether oxygens (including phenoxy) is 1. The molecule has 5 nitrogen and oxygen atoms in total. The van der Waals surface area contributed by atoms with Gasteiger partial charge in [-0.05, 0) is 18.9 Å². The summed E-state index contributed by atoms with van der Waals surface area (Å²) >= 11 is 0. The molecule has 0 fully saturated rings. The lowest BCUT2D eigenvalue weighted by Crippen LogP contribution is -2.54. The third-order valence-corrected chi connectivity index (χ3v) is 5.94. The molecule has 0 bridgehead atoms. The monoisotopic (exact) mass is 298 g/mol. The molecule has 0 saturated carbocycles. The Labute approximate surface area is 121 Å². The number of hydrogen-bond acceptors (Lipinski definition) is 5. The van der Waals surface area contributed by atoms with Gasteiger partial charge < -0.3 is 18.0 Å². The molecule has 0 saturated heterocycles. The summed E-state index contributed by atoms with van der Waals surface area (Å²) in [7, 11) is 1.55. The molecule has 0 amide bonds. The second kappa shape index (κ2) is 8.16. The van der Waals surface area contributed by atoms with Crippen LogP contribution in [-0.2, 0) is 29.2 Å². The van der Waals surface area contributed by atoms with E-state index in [1.807, 2.05) is 30.3 Å². The van der Waals surface area contributed by atoms with E-state index in [0.29, 0.717) is 12.8 Å². The minimum Gasteiger partial charge on any atom is -0.458 e. The Morgan fingerprint density at radius 2 is 1.65 bits per heavy atom. The standard InChI is InChI=1S/C14H22O5Si/c1-12(20(16-2,17-3)18-4)19-14(15)11-10-13-8-6-5-7-9-13/h5-9,12H,10-11H2,1-4H3. The van der Waals surface area contributed by atoms with Crippen LogP contribution in [0, 0.1) is 0 Å². The molecule has 0 aliphatic heterocycles. The molecule has 6 heteroatoms. The smallest absolute Gasteiger partial charge is 0.458 e. The lowest BCUT2D eigenvalue weighted by atomic mass is 10.1. The highest BCUT2D eigenvalue weighted by Gasteiger charge is 2.47. The fraction of sp³-hybridized carbons (Fsp3) is 0.500. The van der Waals surface area contributed by atoms with Gasteiger partial charge in [-0.1, -0.05) is 30.3 Å². The van der Waals surface area contributed by atoms with E-state index in [9.17, 15) is 4.79 Å². The maximum absolute atomic E-state index is 11.9. The number of hydrogen-bond donors (Lipinski definition) is 0. The number of rotatable bonds is 8. The molecular weight excluding hydrogens is 276 g/mol. The van der Waals surface area contributed by atoms with Gasteiger partial charge in [0.25, 0.3) is 0 Å². The van der Waals surface area contributed by atoms with Crippen molar-refractivity contribution in [2.24, 2.45) is 0 Å². The van der Waals surface area contributed by atoms with Crippen LogP contribution in [0.5, 0.6) is 0 Å². The van der Waals surface area contributed by atoms with Gasteiger partial charge in [-0.2, -0.15) is 0 Å². The van der Waals surface area contributed by atoms with Crippen molar-refractivity contribution >= 4 is 14.8 Å². The second-order valence-electron chi connectivity index (χ2n) is 4.33. The van der Waals surface area contributed by atoms with Gasteiger partial charge in [-0.3, -0.25) is 4.79 Å². The molecule has 1 rings (SSSR count). The molecule has 0 aliphatic rings. The predicted molar refractivity (Wildman–Crippen MR) is 77.1 cm³/mol. The first-order valence-electron chi connectivity index (χ1n) is 6.46. The summed E-state index contributed by atoms with van der Waals surface area (Å²) < 4.78 is 21.2. The molecular formula is C14H22O5Si. The van der Waals surface area contributed by atoms with Crippen LogP contribution in [0.4, 0.5) is 0 Å². The second-order valence-corrected chi connectivity index (χ2v) is 7.58. The summed E-state index contributed by atoms with van der Waals surface area (Å²) in [6, 6.07) is 9.80. The Morgan fingerprint density at radius 1 is 1.10 bits per heavy atom. The van der Waals surface area contributed by atoms with Crippen LogP contribution in [0.25, 0.3) is 0 Å². The van der Waals surface area contributed by atoms with E-state index in [2.05, 4.69) is 0 Å². The molecule has 1 aromatic rings. The highest BCUT2D eigenvalue weighted by atomic mass is 28.4. The van der Waals surface area contributed by atoms with Crippen LogP contribution in [-0.4, -0.2) is 41.8 Å². The maximum Gasteiger partial charge on any atom is 0.542 e. The third kappa shape index (κ3) is 4.41. The fourth-order valence-electron chi connectivity index (χ4n) is 1.97. The Kier molecular flexibility index (Phi) is 6.87. The van der Waals surface area contributed by atoms with Crippen molar-refractivity contribution in [2.75, 3.05) is 21.3 Å². The molecule has 0 heterocycles. The van der Waals surface area contributed by atoms with Gasteiger partial charge in [0.2, 0.25) is 0 Å². The first-order chi connectivity index (χ1) is 9.57. The van der Waals surface area contributed by atoms with Crippen molar-refractivity contribution in [3.63, 3.8) is 0 Å². The number of benzene rings is 1. The van der Waals surface area contributed by atoms with Crippen LogP contribution in [0.15, 0.2) is 30.3 Å². The van der Waals surface area contributed by atoms with Gasteiger partial charge in [0.15, 0.2) is 5.73 Å². The van der Waals surface area contributed by atoms with E-state index in [1.54, 1.807) is 6.92 Å². The van der Waals surface area contributed by atoms with Crippen molar-refractivity contribution in [2.45, 2.75) is 25.5 Å². The molecule has 20 heavy (non-hydrogen) atoms. The molecule has 0 radical (unpaired) electrons. The molecule has 1 aromatic carbocycles. The summed E-state index contributed by atoms with van der Waals surface area (Å²) in [5.74, 6) is -0.288. The van der Waals surface area contributed by atoms with Crippen molar-refractivity contribution < 1.29 is 22.8 Å². The quantitative estimate of drug-likeness (QED) is 0.542. The minimum atomic E-state index is -2.93. The molecule has 0 aliphatic carbocycles. The molecule has 1 atom stereocenters. The van der Waals surface area contributed by atoms with E-state index in [1.165, 1.54) is 21.3 Å². The Balaban J connectivity index is 2.49. The maximum atomic E-state index is 11.9. The highest BCUT2D eigenvalue weighted by molar-refractivity contribution is 6.62. The zero-order valence-electron chi connectivity index (χ0n) is 12.4. The van der Waals surface area contributed by atoms with Crippen LogP contribution in [0.3, 0.4) is 0 Å². The van der Waals surface area contributed by atoms with Gasteiger partial charge in [0.05, 0.1) is 0 Å². The van der Waals surface area contributed by atoms with Gasteiger partial charge in [0, 0.05) is 27.8 Å². The average Bonchev–Trinajstić information content (AvgIpc) is 2.48. The summed E-state index contributed by atoms with van der Waals surface area (Å²) in [6.07, 6.45) is 0.962. The summed E-state index contributed by atoms with van der Waals surface area (Å²) in [5.41, 5.74) is 0.566. The molecule has 0 aromatic heterocycles. The molecule has 1 unspecified atom stereocenters. The number of esters is 1. The SMILES string of the molecule is CO[Si](OC)(OC)C(C)OC(=O)CCc1ccccc1. The average molecular weight is 298 g/mol. The normalized spacial score (nSPS) is 13.0. The largest absolute Gasteiger partial charge is 0.542 e. The molecule has 112 valence electrons. The van der Waals surface area contributed by atoms with Gasteiger partial charge in [-0.15, -0.1) is 0 Å². The van der Waals surface area contributed by atoms with Gasteiger partial charge in [0.1, 0.15) is 0 Å². The third-order valence-electron chi connectivity index (χ3n) is 3.12. The van der Waals surface area contributed by atoms with Crippen LogP contribution in [0.2, 0.25) is 0 Å². The lowest BCUT2D eigenvalue weighted by molar-refractivity contribution is -0.147. The summed E-state index contributed by atoms with van der Waals surface area (Å²) in [4.78, 5) is 11.9. The Hall–Kier alpha value is -1.21. The zero-order valence-corrected chi connectivity index (χ0v) is 13.4. The van der Waals surface area contributed by atoms with Crippen LogP contribution >= 0.6 is 0 Å². The molecule has 0 N–H and O–H groups in total. The van der Waals surface area contributed by atoms with Crippen molar-refractivity contribution in [3.8, 4) is 0 Å². The van der Waals surface area contributed by atoms with Crippen molar-refractivity contribution in [3.05, 3.63) is 35.9 Å². The van der Waals surface area contributed by atoms with Gasteiger partial charge >= 0.3 is 14.8 Å². The topological polar surface area (TPSA) is 54.0 Å². The number of carbonyl (C=O) groups is 1. The molecule has 0 spiro atoms. The fourth-order valence-corrected chi connectivity index (χ4v) is 3.74. The van der Waals surface area contributed by atoms with Gasteiger partial charge in [-0.25, -0.2) is 0 Å². The minimum absolute atomic E-state index is 0.288. The van der Waals surface area contributed by atoms with Crippen molar-refractivity contribution in [1.82, 2.24) is 0 Å². The Morgan fingerprint density at radius 3 is 2.15 bits per heavy atom.